The van der Waals surface area contributed by atoms with Gasteiger partial charge in [-0.25, -0.2) is 9.18 Å². The molecule has 1 N–H and O–H groups in total. The molecule has 3 aromatic rings. The molecule has 5 rings (SSSR count). The van der Waals surface area contributed by atoms with Crippen LogP contribution in [0.1, 0.15) is 18.7 Å². The van der Waals surface area contributed by atoms with E-state index in [0.717, 1.165) is 19.4 Å². The van der Waals surface area contributed by atoms with Crippen LogP contribution in [0.25, 0.3) is 22.7 Å². The highest BCUT2D eigenvalue weighted by atomic mass is 35.5. The number of cyclic esters (lactones) is 1. The van der Waals surface area contributed by atoms with Crippen LogP contribution >= 0.6 is 12.4 Å². The topological polar surface area (TPSA) is 120 Å². The summed E-state index contributed by atoms with van der Waals surface area (Å²) in [7, 11) is 0. The minimum absolute atomic E-state index is 0. The van der Waals surface area contributed by atoms with Gasteiger partial charge in [0.2, 0.25) is 5.89 Å². The number of carbonyl (C=O) groups is 2. The largest absolute Gasteiger partial charge is 0.461 e. The second-order valence-corrected chi connectivity index (χ2v) is 8.12. The molecule has 2 atom stereocenters. The minimum Gasteiger partial charge on any atom is -0.461 e. The molecular weight excluding hydrogens is 481 g/mol. The van der Waals surface area contributed by atoms with Gasteiger partial charge < -0.3 is 19.2 Å². The molecule has 0 aliphatic carbocycles. The maximum atomic E-state index is 14.9. The molecular formula is C23H23ClFN5O5. The van der Waals surface area contributed by atoms with Crippen molar-refractivity contribution in [2.24, 2.45) is 0 Å². The van der Waals surface area contributed by atoms with E-state index in [2.05, 4.69) is 20.5 Å². The Balaban J connectivity index is 0.00000289. The highest BCUT2D eigenvalue weighted by Crippen LogP contribution is 2.30. The lowest BCUT2D eigenvalue weighted by Crippen LogP contribution is -2.35. The number of esters is 1. The standard InChI is InChI=1S/C23H22FN5O5.ClH/c1-13-27-28-21(33-13)19-7-4-14(10-26-19)17-6-5-15(9-18(17)24)29-11-16(34-23(29)31)12-32-22(30)20-3-2-8-25-20;/h4-7,9-10,16,20,25H,2-3,8,11-12H2,1H3;1H/t16-,20-;/m1./s1. The third-order valence-electron chi connectivity index (χ3n) is 5.71. The molecule has 2 aliphatic rings. The van der Waals surface area contributed by atoms with Crippen LogP contribution in [-0.4, -0.2) is 59.1 Å². The van der Waals surface area contributed by atoms with Crippen molar-refractivity contribution in [2.75, 3.05) is 24.6 Å². The number of carbonyl (C=O) groups excluding carboxylic acids is 2. The first-order chi connectivity index (χ1) is 16.5. The number of pyridine rings is 1. The summed E-state index contributed by atoms with van der Waals surface area (Å²) in [5.41, 5.74) is 1.71. The molecule has 12 heteroatoms. The number of benzene rings is 1. The van der Waals surface area contributed by atoms with E-state index in [9.17, 15) is 14.0 Å². The van der Waals surface area contributed by atoms with Crippen molar-refractivity contribution in [3.63, 3.8) is 0 Å². The molecule has 35 heavy (non-hydrogen) atoms. The average Bonchev–Trinajstić information content (AvgIpc) is 3.59. The average molecular weight is 504 g/mol. The Morgan fingerprint density at radius 2 is 2.14 bits per heavy atom. The lowest BCUT2D eigenvalue weighted by molar-refractivity contribution is -0.148. The van der Waals surface area contributed by atoms with Gasteiger partial charge in [0.25, 0.3) is 5.89 Å². The van der Waals surface area contributed by atoms with E-state index in [1.165, 1.54) is 17.2 Å². The Bertz CT molecular complexity index is 1220. The van der Waals surface area contributed by atoms with Crippen molar-refractivity contribution in [3.8, 4) is 22.7 Å². The first-order valence-electron chi connectivity index (χ1n) is 10.9. The summed E-state index contributed by atoms with van der Waals surface area (Å²) in [5, 5.41) is 10.7. The molecule has 1 aromatic carbocycles. The smallest absolute Gasteiger partial charge is 0.414 e. The van der Waals surface area contributed by atoms with Gasteiger partial charge in [-0.1, -0.05) is 6.07 Å². The molecule has 0 spiro atoms. The van der Waals surface area contributed by atoms with Gasteiger partial charge >= 0.3 is 12.1 Å². The third-order valence-corrected chi connectivity index (χ3v) is 5.71. The fourth-order valence-corrected chi connectivity index (χ4v) is 3.97. The quantitative estimate of drug-likeness (QED) is 0.505. The maximum absolute atomic E-state index is 14.9. The fourth-order valence-electron chi connectivity index (χ4n) is 3.97. The van der Waals surface area contributed by atoms with Gasteiger partial charge in [-0.15, -0.1) is 22.6 Å². The zero-order valence-electron chi connectivity index (χ0n) is 18.8. The molecule has 0 bridgehead atoms. The van der Waals surface area contributed by atoms with Crippen LogP contribution in [0.15, 0.2) is 40.9 Å². The lowest BCUT2D eigenvalue weighted by atomic mass is 10.1. The summed E-state index contributed by atoms with van der Waals surface area (Å²) in [6.07, 6.45) is 1.93. The number of nitrogens with zero attached hydrogens (tertiary/aromatic N) is 4. The second kappa shape index (κ2) is 10.4. The zero-order chi connectivity index (χ0) is 23.7. The summed E-state index contributed by atoms with van der Waals surface area (Å²) in [6, 6.07) is 7.53. The fraction of sp³-hybridized carbons (Fsp3) is 0.348. The van der Waals surface area contributed by atoms with E-state index in [1.807, 2.05) is 0 Å². The molecule has 2 aliphatic heterocycles. The van der Waals surface area contributed by atoms with Gasteiger partial charge in [0, 0.05) is 24.2 Å². The van der Waals surface area contributed by atoms with E-state index >= 15 is 0 Å². The number of rotatable bonds is 6. The van der Waals surface area contributed by atoms with Gasteiger partial charge in [-0.2, -0.15) is 0 Å². The summed E-state index contributed by atoms with van der Waals surface area (Å²) < 4.78 is 30.9. The first kappa shape index (κ1) is 24.6. The van der Waals surface area contributed by atoms with Crippen LogP contribution < -0.4 is 10.2 Å². The lowest BCUT2D eigenvalue weighted by Gasteiger charge is -2.15. The molecule has 4 heterocycles. The van der Waals surface area contributed by atoms with Crippen molar-refractivity contribution in [3.05, 3.63) is 48.2 Å². The molecule has 184 valence electrons. The SMILES string of the molecule is Cc1nnc(-c2ccc(-c3ccc(N4C[C@H](COC(=O)[C@H]5CCCN5)OC4=O)cc3F)cn2)o1.Cl. The molecule has 2 aromatic heterocycles. The molecule has 1 amide bonds. The van der Waals surface area contributed by atoms with E-state index < -0.39 is 18.0 Å². The Hall–Kier alpha value is -3.57. The number of aromatic nitrogens is 3. The normalized spacial score (nSPS) is 19.4. The van der Waals surface area contributed by atoms with E-state index in [4.69, 9.17) is 13.9 Å². The first-order valence-corrected chi connectivity index (χ1v) is 10.9. The Kier molecular flexibility index (Phi) is 7.27. The predicted molar refractivity (Wildman–Crippen MR) is 125 cm³/mol. The number of ether oxygens (including phenoxy) is 2. The van der Waals surface area contributed by atoms with Gasteiger partial charge in [0.05, 0.1) is 12.2 Å². The van der Waals surface area contributed by atoms with Crippen LogP contribution in [-0.2, 0) is 14.3 Å². The molecule has 0 saturated carbocycles. The predicted octanol–water partition coefficient (Wildman–Crippen LogP) is 3.29. The second-order valence-electron chi connectivity index (χ2n) is 8.12. The molecule has 10 nitrogen and oxygen atoms in total. The van der Waals surface area contributed by atoms with Gasteiger partial charge in [0.1, 0.15) is 24.2 Å². The summed E-state index contributed by atoms with van der Waals surface area (Å²) in [5.74, 6) is -0.159. The highest BCUT2D eigenvalue weighted by molar-refractivity contribution is 5.90. The number of aryl methyl sites for hydroxylation is 1. The number of hydrogen-bond donors (Lipinski definition) is 1. The van der Waals surface area contributed by atoms with Gasteiger partial charge in [0.15, 0.2) is 6.10 Å². The number of halogens is 2. The van der Waals surface area contributed by atoms with Crippen LogP contribution in [0.3, 0.4) is 0 Å². The Morgan fingerprint density at radius 1 is 1.29 bits per heavy atom. The van der Waals surface area contributed by atoms with Crippen molar-refractivity contribution in [1.29, 1.82) is 0 Å². The molecule has 0 unspecified atom stereocenters. The van der Waals surface area contributed by atoms with Gasteiger partial charge in [-0.05, 0) is 43.7 Å². The van der Waals surface area contributed by atoms with Crippen LogP contribution in [0.4, 0.5) is 14.9 Å². The van der Waals surface area contributed by atoms with Crippen LogP contribution in [0, 0.1) is 12.7 Å². The number of nitrogens with one attached hydrogen (secondary N) is 1. The summed E-state index contributed by atoms with van der Waals surface area (Å²) >= 11 is 0. The van der Waals surface area contributed by atoms with E-state index in [-0.39, 0.29) is 43.5 Å². The summed E-state index contributed by atoms with van der Waals surface area (Å²) in [4.78, 5) is 30.0. The Morgan fingerprint density at radius 3 is 2.80 bits per heavy atom. The highest BCUT2D eigenvalue weighted by Gasteiger charge is 2.34. The number of anilines is 1. The molecule has 2 fully saturated rings. The van der Waals surface area contributed by atoms with Crippen LogP contribution in [0.5, 0.6) is 0 Å². The van der Waals surface area contributed by atoms with Crippen molar-refractivity contribution >= 4 is 30.2 Å². The number of hydrogen-bond acceptors (Lipinski definition) is 9. The van der Waals surface area contributed by atoms with Crippen molar-refractivity contribution in [2.45, 2.75) is 31.9 Å². The molecule has 0 radical (unpaired) electrons. The summed E-state index contributed by atoms with van der Waals surface area (Å²) in [6.45, 7) is 2.58. The number of amides is 1. The Labute approximate surface area is 206 Å². The monoisotopic (exact) mass is 503 g/mol. The van der Waals surface area contributed by atoms with Gasteiger partial charge in [-0.3, -0.25) is 14.7 Å². The van der Waals surface area contributed by atoms with Crippen molar-refractivity contribution < 1.29 is 27.9 Å². The molecule has 2 saturated heterocycles. The zero-order valence-corrected chi connectivity index (χ0v) is 19.6. The van der Waals surface area contributed by atoms with Crippen molar-refractivity contribution in [1.82, 2.24) is 20.5 Å². The van der Waals surface area contributed by atoms with E-state index in [1.54, 1.807) is 31.2 Å². The van der Waals surface area contributed by atoms with Crippen LogP contribution in [0.2, 0.25) is 0 Å². The van der Waals surface area contributed by atoms with E-state index in [0.29, 0.717) is 28.4 Å². The third kappa shape index (κ3) is 5.25. The minimum atomic E-state index is -0.620. The maximum Gasteiger partial charge on any atom is 0.414 e.